The fourth-order valence-corrected chi connectivity index (χ4v) is 7.63. The number of furan rings is 2. The summed E-state index contributed by atoms with van der Waals surface area (Å²) in [4.78, 5) is 15.7. The molecule has 0 aliphatic heterocycles. The third-order valence-corrected chi connectivity index (χ3v) is 10.1. The molecular weight excluding hydrogens is 639 g/mol. The van der Waals surface area contributed by atoms with E-state index in [1.54, 1.807) is 0 Å². The van der Waals surface area contributed by atoms with Crippen LogP contribution in [0.5, 0.6) is 0 Å². The van der Waals surface area contributed by atoms with E-state index in [0.717, 1.165) is 93.2 Å². The first kappa shape index (κ1) is 28.7. The third kappa shape index (κ3) is 4.46. The molecule has 11 aromatic rings. The standard InChI is InChI=1S/C47H27N3O2/c1-2-12-29(13-3-1)34-23-24-37(43-38-26-31-15-6-7-16-32(31)27-41(38)52-44(34)43)47-49-45(33-22-21-28-11-4-5-14-30(28)25-33)48-46(50-47)36-18-10-20-40-42(36)35-17-8-9-19-39(35)51-40/h1-27H. The molecule has 0 spiro atoms. The topological polar surface area (TPSA) is 65.0 Å². The molecular formula is C47H27N3O2. The first-order valence-corrected chi connectivity index (χ1v) is 17.3. The van der Waals surface area contributed by atoms with Crippen molar-refractivity contribution in [3.05, 3.63) is 164 Å². The summed E-state index contributed by atoms with van der Waals surface area (Å²) in [5.41, 5.74) is 7.98. The maximum absolute atomic E-state index is 6.80. The number of hydrogen-bond donors (Lipinski definition) is 0. The Labute approximate surface area is 297 Å². The number of hydrogen-bond acceptors (Lipinski definition) is 5. The second-order valence-electron chi connectivity index (χ2n) is 13.2. The van der Waals surface area contributed by atoms with Crippen molar-refractivity contribution in [3.63, 3.8) is 0 Å². The van der Waals surface area contributed by atoms with E-state index in [1.807, 2.05) is 36.4 Å². The van der Waals surface area contributed by atoms with Gasteiger partial charge in [0.1, 0.15) is 22.3 Å². The summed E-state index contributed by atoms with van der Waals surface area (Å²) >= 11 is 0. The molecule has 242 valence electrons. The van der Waals surface area contributed by atoms with Gasteiger partial charge in [-0.25, -0.2) is 15.0 Å². The molecule has 0 fully saturated rings. The third-order valence-electron chi connectivity index (χ3n) is 10.1. The molecule has 0 radical (unpaired) electrons. The minimum Gasteiger partial charge on any atom is -0.456 e. The molecule has 0 bridgehead atoms. The average Bonchev–Trinajstić information content (AvgIpc) is 3.78. The van der Waals surface area contributed by atoms with Gasteiger partial charge in [0.2, 0.25) is 0 Å². The van der Waals surface area contributed by atoms with Crippen LogP contribution < -0.4 is 0 Å². The van der Waals surface area contributed by atoms with E-state index in [0.29, 0.717) is 17.5 Å². The van der Waals surface area contributed by atoms with Crippen molar-refractivity contribution in [2.75, 3.05) is 0 Å². The monoisotopic (exact) mass is 665 g/mol. The van der Waals surface area contributed by atoms with Crippen molar-refractivity contribution in [1.82, 2.24) is 15.0 Å². The predicted molar refractivity (Wildman–Crippen MR) is 211 cm³/mol. The number of fused-ring (bicyclic) bond motifs is 8. The van der Waals surface area contributed by atoms with Gasteiger partial charge < -0.3 is 8.83 Å². The Morgan fingerprint density at radius 2 is 0.962 bits per heavy atom. The summed E-state index contributed by atoms with van der Waals surface area (Å²) < 4.78 is 13.1. The van der Waals surface area contributed by atoms with Crippen LogP contribution in [0.15, 0.2) is 173 Å². The lowest BCUT2D eigenvalue weighted by atomic mass is 9.97. The van der Waals surface area contributed by atoms with Crippen molar-refractivity contribution in [1.29, 1.82) is 0 Å². The first-order valence-electron chi connectivity index (χ1n) is 17.3. The number of benzene rings is 8. The summed E-state index contributed by atoms with van der Waals surface area (Å²) in [6, 6.07) is 56.3. The van der Waals surface area contributed by atoms with Gasteiger partial charge >= 0.3 is 0 Å². The highest BCUT2D eigenvalue weighted by Gasteiger charge is 2.22. The summed E-state index contributed by atoms with van der Waals surface area (Å²) in [7, 11) is 0. The molecule has 3 heterocycles. The normalized spacial score (nSPS) is 11.8. The lowest BCUT2D eigenvalue weighted by Crippen LogP contribution is -2.01. The minimum atomic E-state index is 0.568. The van der Waals surface area contributed by atoms with Gasteiger partial charge in [0.15, 0.2) is 17.5 Å². The van der Waals surface area contributed by atoms with Crippen molar-refractivity contribution < 1.29 is 8.83 Å². The molecule has 0 N–H and O–H groups in total. The van der Waals surface area contributed by atoms with Crippen LogP contribution in [0, 0.1) is 0 Å². The molecule has 8 aromatic carbocycles. The molecule has 11 rings (SSSR count). The number of aromatic nitrogens is 3. The van der Waals surface area contributed by atoms with E-state index in [9.17, 15) is 0 Å². The number of para-hydroxylation sites is 1. The van der Waals surface area contributed by atoms with Crippen LogP contribution in [0.3, 0.4) is 0 Å². The van der Waals surface area contributed by atoms with Crippen molar-refractivity contribution in [2.24, 2.45) is 0 Å². The Morgan fingerprint density at radius 1 is 0.327 bits per heavy atom. The smallest absolute Gasteiger partial charge is 0.164 e. The van der Waals surface area contributed by atoms with E-state index in [-0.39, 0.29) is 0 Å². The minimum absolute atomic E-state index is 0.568. The molecule has 0 saturated carbocycles. The van der Waals surface area contributed by atoms with E-state index < -0.39 is 0 Å². The summed E-state index contributed by atoms with van der Waals surface area (Å²) in [6.07, 6.45) is 0. The van der Waals surface area contributed by atoms with Crippen LogP contribution in [0.4, 0.5) is 0 Å². The van der Waals surface area contributed by atoms with E-state index in [2.05, 4.69) is 127 Å². The Morgan fingerprint density at radius 3 is 1.79 bits per heavy atom. The van der Waals surface area contributed by atoms with Crippen LogP contribution in [0.25, 0.3) is 111 Å². The molecule has 52 heavy (non-hydrogen) atoms. The fourth-order valence-electron chi connectivity index (χ4n) is 7.63. The first-order chi connectivity index (χ1) is 25.7. The van der Waals surface area contributed by atoms with Gasteiger partial charge in [-0.3, -0.25) is 0 Å². The zero-order valence-corrected chi connectivity index (χ0v) is 27.7. The van der Waals surface area contributed by atoms with Crippen LogP contribution in [-0.4, -0.2) is 15.0 Å². The maximum atomic E-state index is 6.80. The largest absolute Gasteiger partial charge is 0.456 e. The Kier molecular flexibility index (Phi) is 6.18. The van der Waals surface area contributed by atoms with Gasteiger partial charge in [0, 0.05) is 43.8 Å². The Balaban J connectivity index is 1.24. The molecule has 0 amide bonds. The SMILES string of the molecule is c1ccc(-c2ccc(-c3nc(-c4ccc5ccccc5c4)nc(-c4cccc5oc6ccccc6c45)n3)c3c2oc2cc4ccccc4cc23)cc1. The molecule has 0 aliphatic rings. The highest BCUT2D eigenvalue weighted by molar-refractivity contribution is 6.18. The summed E-state index contributed by atoms with van der Waals surface area (Å²) in [5.74, 6) is 1.73. The second kappa shape index (κ2) is 11.2. The number of rotatable bonds is 4. The van der Waals surface area contributed by atoms with Gasteiger partial charge in [-0.1, -0.05) is 121 Å². The van der Waals surface area contributed by atoms with Crippen LogP contribution in [0.1, 0.15) is 0 Å². The van der Waals surface area contributed by atoms with Gasteiger partial charge in [0.05, 0.1) is 0 Å². The quantitative estimate of drug-likeness (QED) is 0.187. The highest BCUT2D eigenvalue weighted by Crippen LogP contribution is 2.43. The van der Waals surface area contributed by atoms with Gasteiger partial charge in [-0.15, -0.1) is 0 Å². The Hall–Kier alpha value is -7.11. The maximum Gasteiger partial charge on any atom is 0.164 e. The Bertz CT molecular complexity index is 3190. The second-order valence-corrected chi connectivity index (χ2v) is 13.2. The summed E-state index contributed by atoms with van der Waals surface area (Å²) in [5, 5.41) is 8.52. The molecule has 0 saturated heterocycles. The van der Waals surface area contributed by atoms with Crippen LogP contribution in [-0.2, 0) is 0 Å². The fraction of sp³-hybridized carbons (Fsp3) is 0. The van der Waals surface area contributed by atoms with E-state index in [4.69, 9.17) is 23.8 Å². The van der Waals surface area contributed by atoms with E-state index in [1.165, 1.54) is 0 Å². The average molecular weight is 666 g/mol. The lowest BCUT2D eigenvalue weighted by molar-refractivity contribution is 0.669. The lowest BCUT2D eigenvalue weighted by Gasteiger charge is -2.12. The van der Waals surface area contributed by atoms with Gasteiger partial charge in [0.25, 0.3) is 0 Å². The zero-order valence-electron chi connectivity index (χ0n) is 27.7. The molecule has 0 atom stereocenters. The van der Waals surface area contributed by atoms with Crippen molar-refractivity contribution in [3.8, 4) is 45.3 Å². The molecule has 0 aliphatic carbocycles. The highest BCUT2D eigenvalue weighted by atomic mass is 16.3. The van der Waals surface area contributed by atoms with E-state index >= 15 is 0 Å². The van der Waals surface area contributed by atoms with Crippen LogP contribution >= 0.6 is 0 Å². The molecule has 3 aromatic heterocycles. The molecule has 0 unspecified atom stereocenters. The predicted octanol–water partition coefficient (Wildman–Crippen LogP) is 12.6. The summed E-state index contributed by atoms with van der Waals surface area (Å²) in [6.45, 7) is 0. The number of nitrogens with zero attached hydrogens (tertiary/aromatic N) is 3. The molecule has 5 nitrogen and oxygen atoms in total. The molecule has 5 heteroatoms. The van der Waals surface area contributed by atoms with Gasteiger partial charge in [-0.05, 0) is 69.6 Å². The van der Waals surface area contributed by atoms with Crippen molar-refractivity contribution in [2.45, 2.75) is 0 Å². The van der Waals surface area contributed by atoms with Gasteiger partial charge in [-0.2, -0.15) is 0 Å². The van der Waals surface area contributed by atoms with Crippen LogP contribution in [0.2, 0.25) is 0 Å². The van der Waals surface area contributed by atoms with Crippen molar-refractivity contribution >= 4 is 65.4 Å². The zero-order chi connectivity index (χ0) is 34.2.